The zero-order valence-electron chi connectivity index (χ0n) is 12.5. The van der Waals surface area contributed by atoms with E-state index in [4.69, 9.17) is 0 Å². The molecule has 0 aromatic carbocycles. The van der Waals surface area contributed by atoms with Gasteiger partial charge in [0, 0.05) is 0 Å². The summed E-state index contributed by atoms with van der Waals surface area (Å²) in [5.41, 5.74) is 0. The van der Waals surface area contributed by atoms with E-state index < -0.39 is 0 Å². The van der Waals surface area contributed by atoms with Crippen LogP contribution in [0.4, 0.5) is 0 Å². The van der Waals surface area contributed by atoms with Gasteiger partial charge in [-0.05, 0) is 83.1 Å². The minimum absolute atomic E-state index is 0.971. The summed E-state index contributed by atoms with van der Waals surface area (Å²) in [6.07, 6.45) is 10.1. The highest BCUT2D eigenvalue weighted by molar-refractivity contribution is 4.73. The predicted octanol–water partition coefficient (Wildman–Crippen LogP) is 3.13. The molecule has 1 aliphatic carbocycles. The van der Waals surface area contributed by atoms with Crippen molar-refractivity contribution in [1.82, 2.24) is 10.2 Å². The second-order valence-electron chi connectivity index (χ2n) is 6.87. The van der Waals surface area contributed by atoms with Crippen molar-refractivity contribution >= 4 is 0 Å². The standard InChI is InChI=1S/C16H32N2/c1-14-3-5-16(6-4-14)13-17-10-7-15-8-11-18(2)12-9-15/h14-17H,3-13H2,1-2H3. The van der Waals surface area contributed by atoms with Crippen molar-refractivity contribution in [3.8, 4) is 0 Å². The first-order valence-corrected chi connectivity index (χ1v) is 8.13. The van der Waals surface area contributed by atoms with Gasteiger partial charge in [-0.2, -0.15) is 0 Å². The molecule has 2 fully saturated rings. The lowest BCUT2D eigenvalue weighted by atomic mass is 9.83. The normalized spacial score (nSPS) is 31.7. The van der Waals surface area contributed by atoms with Crippen molar-refractivity contribution in [2.24, 2.45) is 17.8 Å². The Labute approximate surface area is 114 Å². The molecule has 106 valence electrons. The van der Waals surface area contributed by atoms with E-state index >= 15 is 0 Å². The van der Waals surface area contributed by atoms with Crippen molar-refractivity contribution in [3.63, 3.8) is 0 Å². The molecule has 2 nitrogen and oxygen atoms in total. The monoisotopic (exact) mass is 252 g/mol. The molecule has 1 heterocycles. The predicted molar refractivity (Wildman–Crippen MR) is 78.8 cm³/mol. The Bertz CT molecular complexity index is 189. The average molecular weight is 252 g/mol. The molecule has 0 aromatic heterocycles. The summed E-state index contributed by atoms with van der Waals surface area (Å²) in [6.45, 7) is 7.56. The first-order chi connectivity index (χ1) is 8.74. The van der Waals surface area contributed by atoms with E-state index in [0.29, 0.717) is 0 Å². The summed E-state index contributed by atoms with van der Waals surface area (Å²) >= 11 is 0. The van der Waals surface area contributed by atoms with Crippen LogP contribution < -0.4 is 5.32 Å². The van der Waals surface area contributed by atoms with Crippen LogP contribution in [0.15, 0.2) is 0 Å². The highest BCUT2D eigenvalue weighted by Crippen LogP contribution is 2.27. The molecule has 2 heteroatoms. The van der Waals surface area contributed by atoms with Crippen molar-refractivity contribution < 1.29 is 0 Å². The van der Waals surface area contributed by atoms with E-state index in [1.807, 2.05) is 0 Å². The molecule has 0 radical (unpaired) electrons. The number of hydrogen-bond acceptors (Lipinski definition) is 2. The molecule has 1 aliphatic heterocycles. The molecule has 0 amide bonds. The molecule has 2 rings (SSSR count). The molecule has 1 N–H and O–H groups in total. The van der Waals surface area contributed by atoms with Crippen LogP contribution in [-0.2, 0) is 0 Å². The molecular weight excluding hydrogens is 220 g/mol. The number of nitrogens with one attached hydrogen (secondary N) is 1. The van der Waals surface area contributed by atoms with Crippen molar-refractivity contribution in [2.45, 2.75) is 51.9 Å². The van der Waals surface area contributed by atoms with Crippen LogP contribution in [0.5, 0.6) is 0 Å². The fraction of sp³-hybridized carbons (Fsp3) is 1.00. The van der Waals surface area contributed by atoms with E-state index in [1.54, 1.807) is 0 Å². The minimum Gasteiger partial charge on any atom is -0.316 e. The van der Waals surface area contributed by atoms with Gasteiger partial charge in [-0.25, -0.2) is 0 Å². The zero-order chi connectivity index (χ0) is 12.8. The number of nitrogens with zero attached hydrogens (tertiary/aromatic N) is 1. The summed E-state index contributed by atoms with van der Waals surface area (Å²) in [7, 11) is 2.25. The maximum atomic E-state index is 3.71. The van der Waals surface area contributed by atoms with Crippen LogP contribution in [0.25, 0.3) is 0 Å². The number of hydrogen-bond donors (Lipinski definition) is 1. The van der Waals surface area contributed by atoms with Gasteiger partial charge >= 0.3 is 0 Å². The summed E-state index contributed by atoms with van der Waals surface area (Å²) in [6, 6.07) is 0. The van der Waals surface area contributed by atoms with Crippen molar-refractivity contribution in [1.29, 1.82) is 0 Å². The fourth-order valence-electron chi connectivity index (χ4n) is 3.50. The van der Waals surface area contributed by atoms with Gasteiger partial charge in [-0.15, -0.1) is 0 Å². The van der Waals surface area contributed by atoms with Gasteiger partial charge in [-0.1, -0.05) is 19.8 Å². The average Bonchev–Trinajstić information content (AvgIpc) is 2.39. The lowest BCUT2D eigenvalue weighted by Crippen LogP contribution is -2.32. The number of piperidine rings is 1. The van der Waals surface area contributed by atoms with Gasteiger partial charge < -0.3 is 10.2 Å². The van der Waals surface area contributed by atoms with Crippen LogP contribution >= 0.6 is 0 Å². The van der Waals surface area contributed by atoms with Gasteiger partial charge in [0.15, 0.2) is 0 Å². The Kier molecular flexibility index (Phi) is 5.97. The first kappa shape index (κ1) is 14.3. The third-order valence-corrected chi connectivity index (χ3v) is 5.14. The van der Waals surface area contributed by atoms with Crippen LogP contribution in [0.3, 0.4) is 0 Å². The molecule has 1 saturated carbocycles. The second kappa shape index (κ2) is 7.49. The third-order valence-electron chi connectivity index (χ3n) is 5.14. The minimum atomic E-state index is 0.971. The molecule has 0 unspecified atom stereocenters. The van der Waals surface area contributed by atoms with E-state index in [0.717, 1.165) is 17.8 Å². The summed E-state index contributed by atoms with van der Waals surface area (Å²) in [5, 5.41) is 3.71. The quantitative estimate of drug-likeness (QED) is 0.756. The van der Waals surface area contributed by atoms with Crippen molar-refractivity contribution in [3.05, 3.63) is 0 Å². The summed E-state index contributed by atoms with van der Waals surface area (Å²) in [5.74, 6) is 2.94. The highest BCUT2D eigenvalue weighted by atomic mass is 15.1. The van der Waals surface area contributed by atoms with Crippen LogP contribution in [0.2, 0.25) is 0 Å². The van der Waals surface area contributed by atoms with Gasteiger partial charge in [0.05, 0.1) is 0 Å². The maximum absolute atomic E-state index is 3.71. The van der Waals surface area contributed by atoms with Crippen LogP contribution in [0, 0.1) is 17.8 Å². The Balaban J connectivity index is 1.48. The summed E-state index contributed by atoms with van der Waals surface area (Å²) in [4.78, 5) is 2.47. The molecule has 0 aromatic rings. The Hall–Kier alpha value is -0.0800. The molecular formula is C16H32N2. The molecule has 1 saturated heterocycles. The lowest BCUT2D eigenvalue weighted by molar-refractivity contribution is 0.209. The van der Waals surface area contributed by atoms with E-state index in [-0.39, 0.29) is 0 Å². The van der Waals surface area contributed by atoms with Gasteiger partial charge in [-0.3, -0.25) is 0 Å². The highest BCUT2D eigenvalue weighted by Gasteiger charge is 2.18. The molecule has 0 spiro atoms. The molecule has 0 bridgehead atoms. The number of likely N-dealkylation sites (tertiary alicyclic amines) is 1. The van der Waals surface area contributed by atoms with Crippen molar-refractivity contribution in [2.75, 3.05) is 33.2 Å². The van der Waals surface area contributed by atoms with Gasteiger partial charge in [0.1, 0.15) is 0 Å². The maximum Gasteiger partial charge on any atom is -0.00191 e. The third kappa shape index (κ3) is 4.89. The molecule has 0 atom stereocenters. The zero-order valence-corrected chi connectivity index (χ0v) is 12.5. The van der Waals surface area contributed by atoms with E-state index in [1.165, 1.54) is 71.1 Å². The SMILES string of the molecule is CC1CCC(CNCCC2CCN(C)CC2)CC1. The Morgan fingerprint density at radius 1 is 0.944 bits per heavy atom. The number of rotatable bonds is 5. The Morgan fingerprint density at radius 2 is 1.61 bits per heavy atom. The Morgan fingerprint density at radius 3 is 2.28 bits per heavy atom. The molecule has 2 aliphatic rings. The largest absolute Gasteiger partial charge is 0.316 e. The van der Waals surface area contributed by atoms with E-state index in [2.05, 4.69) is 24.2 Å². The second-order valence-corrected chi connectivity index (χ2v) is 6.87. The topological polar surface area (TPSA) is 15.3 Å². The fourth-order valence-corrected chi connectivity index (χ4v) is 3.50. The lowest BCUT2D eigenvalue weighted by Gasteiger charge is -2.29. The molecule has 18 heavy (non-hydrogen) atoms. The van der Waals surface area contributed by atoms with Gasteiger partial charge in [0.2, 0.25) is 0 Å². The van der Waals surface area contributed by atoms with Crippen LogP contribution in [0.1, 0.15) is 51.9 Å². The first-order valence-electron chi connectivity index (χ1n) is 8.13. The van der Waals surface area contributed by atoms with E-state index in [9.17, 15) is 0 Å². The van der Waals surface area contributed by atoms with Crippen LogP contribution in [-0.4, -0.2) is 38.1 Å². The summed E-state index contributed by atoms with van der Waals surface area (Å²) < 4.78 is 0. The smallest absolute Gasteiger partial charge is 0.00191 e. The van der Waals surface area contributed by atoms with Gasteiger partial charge in [0.25, 0.3) is 0 Å².